The number of rotatable bonds is 4. The van der Waals surface area contributed by atoms with E-state index >= 15 is 0 Å². The first-order valence-electron chi connectivity index (χ1n) is 9.37. The first-order chi connectivity index (χ1) is 13.8. The van der Waals surface area contributed by atoms with Crippen molar-refractivity contribution in [1.29, 1.82) is 0 Å². The van der Waals surface area contributed by atoms with E-state index in [4.69, 9.17) is 0 Å². The summed E-state index contributed by atoms with van der Waals surface area (Å²) in [7, 11) is -0.780. The van der Waals surface area contributed by atoms with Gasteiger partial charge in [-0.05, 0) is 55.5 Å². The number of aromatic nitrogens is 2. The average molecular weight is 435 g/mol. The Hall–Kier alpha value is -2.43. The van der Waals surface area contributed by atoms with Crippen LogP contribution < -0.4 is 15.9 Å². The van der Waals surface area contributed by atoms with Crippen LogP contribution in [0.4, 0.5) is 0 Å². The van der Waals surface area contributed by atoms with Crippen LogP contribution in [0.1, 0.15) is 39.4 Å². The molecule has 10 heteroatoms. The molecule has 4 rings (SSSR count). The van der Waals surface area contributed by atoms with Crippen LogP contribution in [-0.4, -0.2) is 23.5 Å². The largest absolute Gasteiger partial charge is 0.328 e. The Morgan fingerprint density at radius 2 is 1.76 bits per heavy atom. The molecule has 0 unspecified atom stereocenters. The fourth-order valence-corrected chi connectivity index (χ4v) is 5.67. The van der Waals surface area contributed by atoms with Gasteiger partial charge in [0, 0.05) is 19.0 Å². The van der Waals surface area contributed by atoms with Gasteiger partial charge in [-0.25, -0.2) is 13.2 Å². The zero-order chi connectivity index (χ0) is 20.8. The number of fused-ring (bicyclic) bond motifs is 2. The summed E-state index contributed by atoms with van der Waals surface area (Å²) < 4.78 is 28.1. The van der Waals surface area contributed by atoms with E-state index in [0.717, 1.165) is 25.7 Å². The number of carbonyl (C=O) groups is 1. The molecule has 2 aromatic heterocycles. The highest BCUT2D eigenvalue weighted by Gasteiger charge is 2.20. The van der Waals surface area contributed by atoms with Gasteiger partial charge in [-0.2, -0.15) is 0 Å². The number of aryl methyl sites for hydroxylation is 4. The summed E-state index contributed by atoms with van der Waals surface area (Å²) in [6, 6.07) is 6.26. The number of amides is 1. The average Bonchev–Trinajstić information content (AvgIpc) is 3.11. The van der Waals surface area contributed by atoms with Gasteiger partial charge >= 0.3 is 5.69 Å². The van der Waals surface area contributed by atoms with Crippen molar-refractivity contribution < 1.29 is 13.2 Å². The normalized spacial score (nSPS) is 14.6. The summed E-state index contributed by atoms with van der Waals surface area (Å²) in [6.07, 6.45) is 5.35. The highest BCUT2D eigenvalue weighted by atomic mass is 32.2. The minimum Gasteiger partial charge on any atom is -0.295 e. The maximum absolute atomic E-state index is 12.6. The van der Waals surface area contributed by atoms with Gasteiger partial charge in [0.1, 0.15) is 0 Å². The number of benzene rings is 1. The molecule has 1 aliphatic rings. The van der Waals surface area contributed by atoms with Crippen molar-refractivity contribution >= 4 is 38.3 Å². The monoisotopic (exact) mass is 434 g/mol. The standard InChI is InChI=1S/C19H22N4O4S2/c1-22-14-9-8-13(11-15(14)23(2)19(22)25)29(26,27)21-20-18(24)17-10-12-6-4-3-5-7-16(12)28-17/h8-11,21H,3-7H2,1-2H3,(H,20,24). The summed E-state index contributed by atoms with van der Waals surface area (Å²) >= 11 is 1.42. The third-order valence-corrected chi connectivity index (χ3v) is 7.80. The first kappa shape index (κ1) is 19.9. The summed E-state index contributed by atoms with van der Waals surface area (Å²) in [5.41, 5.74) is 4.37. The smallest absolute Gasteiger partial charge is 0.295 e. The second-order valence-electron chi connectivity index (χ2n) is 7.23. The van der Waals surface area contributed by atoms with E-state index in [1.54, 1.807) is 20.2 Å². The molecule has 29 heavy (non-hydrogen) atoms. The van der Waals surface area contributed by atoms with Crippen LogP contribution in [0.3, 0.4) is 0 Å². The van der Waals surface area contributed by atoms with Gasteiger partial charge in [0.05, 0.1) is 20.8 Å². The summed E-state index contributed by atoms with van der Waals surface area (Å²) in [5.74, 6) is -0.472. The van der Waals surface area contributed by atoms with Crippen LogP contribution in [0, 0.1) is 0 Å². The maximum atomic E-state index is 12.6. The van der Waals surface area contributed by atoms with Gasteiger partial charge in [0.25, 0.3) is 15.9 Å². The lowest BCUT2D eigenvalue weighted by Crippen LogP contribution is -2.41. The minimum atomic E-state index is -3.99. The number of hydrogen-bond acceptors (Lipinski definition) is 5. The van der Waals surface area contributed by atoms with Crippen LogP contribution in [-0.2, 0) is 37.0 Å². The van der Waals surface area contributed by atoms with Crippen molar-refractivity contribution in [2.45, 2.75) is 37.0 Å². The lowest BCUT2D eigenvalue weighted by molar-refractivity contribution is 0.0949. The molecule has 0 bridgehead atoms. The van der Waals surface area contributed by atoms with E-state index < -0.39 is 15.9 Å². The van der Waals surface area contributed by atoms with Crippen molar-refractivity contribution in [2.75, 3.05) is 0 Å². The number of imidazole rings is 1. The van der Waals surface area contributed by atoms with Gasteiger partial charge in [-0.15, -0.1) is 16.2 Å². The Kier molecular flexibility index (Phi) is 5.09. The molecule has 2 N–H and O–H groups in total. The Labute approximate surface area is 172 Å². The van der Waals surface area contributed by atoms with Crippen LogP contribution in [0.25, 0.3) is 11.0 Å². The van der Waals surface area contributed by atoms with E-state index in [9.17, 15) is 18.0 Å². The molecule has 8 nitrogen and oxygen atoms in total. The van der Waals surface area contributed by atoms with Gasteiger partial charge in [-0.1, -0.05) is 6.42 Å². The summed E-state index contributed by atoms with van der Waals surface area (Å²) in [4.78, 5) is 28.3. The zero-order valence-corrected chi connectivity index (χ0v) is 17.8. The number of hydrogen-bond donors (Lipinski definition) is 2. The number of nitrogens with zero attached hydrogens (tertiary/aromatic N) is 2. The van der Waals surface area contributed by atoms with Gasteiger partial charge in [0.2, 0.25) is 0 Å². The van der Waals surface area contributed by atoms with Crippen molar-refractivity contribution in [1.82, 2.24) is 19.4 Å². The van der Waals surface area contributed by atoms with Crippen LogP contribution >= 0.6 is 11.3 Å². The number of thiophene rings is 1. The Bertz CT molecular complexity index is 1240. The molecule has 1 aromatic carbocycles. The van der Waals surface area contributed by atoms with Crippen LogP contribution in [0.2, 0.25) is 0 Å². The lowest BCUT2D eigenvalue weighted by Gasteiger charge is -2.08. The third kappa shape index (κ3) is 3.63. The molecule has 0 spiro atoms. The highest BCUT2D eigenvalue weighted by molar-refractivity contribution is 7.89. The van der Waals surface area contributed by atoms with Gasteiger partial charge < -0.3 is 0 Å². The van der Waals surface area contributed by atoms with Gasteiger partial charge in [-0.3, -0.25) is 19.4 Å². The molecule has 2 heterocycles. The molecule has 154 valence electrons. The van der Waals surface area contributed by atoms with E-state index in [-0.39, 0.29) is 10.6 Å². The Morgan fingerprint density at radius 3 is 2.55 bits per heavy atom. The predicted molar refractivity (Wildman–Crippen MR) is 112 cm³/mol. The van der Waals surface area contributed by atoms with Gasteiger partial charge in [0.15, 0.2) is 0 Å². The van der Waals surface area contributed by atoms with E-state index in [1.807, 2.05) is 6.07 Å². The van der Waals surface area contributed by atoms with Crippen molar-refractivity contribution in [3.8, 4) is 0 Å². The molecule has 0 aliphatic heterocycles. The summed E-state index contributed by atoms with van der Waals surface area (Å²) in [6.45, 7) is 0. The molecule has 0 fully saturated rings. The fourth-order valence-electron chi connectivity index (χ4n) is 3.67. The topological polar surface area (TPSA) is 102 Å². The molecule has 0 atom stereocenters. The minimum absolute atomic E-state index is 0.0338. The summed E-state index contributed by atoms with van der Waals surface area (Å²) in [5, 5.41) is 0. The molecule has 0 radical (unpaired) electrons. The number of carbonyl (C=O) groups excluding carboxylic acids is 1. The van der Waals surface area contributed by atoms with Crippen LogP contribution in [0.5, 0.6) is 0 Å². The maximum Gasteiger partial charge on any atom is 0.328 e. The Morgan fingerprint density at radius 1 is 1.03 bits per heavy atom. The zero-order valence-electron chi connectivity index (χ0n) is 16.2. The van der Waals surface area contributed by atoms with E-state index in [2.05, 4.69) is 10.3 Å². The first-order valence-corrected chi connectivity index (χ1v) is 11.7. The molecule has 1 aliphatic carbocycles. The second-order valence-corrected chi connectivity index (χ2v) is 10.0. The van der Waals surface area contributed by atoms with Crippen molar-refractivity contribution in [3.05, 3.63) is 50.1 Å². The number of nitrogens with one attached hydrogen (secondary N) is 2. The van der Waals surface area contributed by atoms with Crippen LogP contribution in [0.15, 0.2) is 34.0 Å². The fraction of sp³-hybridized carbons (Fsp3) is 0.368. The molecular weight excluding hydrogens is 412 g/mol. The number of sulfonamides is 1. The van der Waals surface area contributed by atoms with E-state index in [1.165, 1.54) is 49.5 Å². The molecule has 1 amide bonds. The highest BCUT2D eigenvalue weighted by Crippen LogP contribution is 2.28. The molecule has 3 aromatic rings. The molecule has 0 saturated carbocycles. The molecule has 0 saturated heterocycles. The Balaban J connectivity index is 1.53. The molecular formula is C19H22N4O4S2. The predicted octanol–water partition coefficient (Wildman–Crippen LogP) is 1.83. The SMILES string of the molecule is Cn1c(=O)n(C)c2cc(S(=O)(=O)NNC(=O)c3cc4c(s3)CCCCC4)ccc21. The number of hydrazine groups is 1. The van der Waals surface area contributed by atoms with Crippen molar-refractivity contribution in [2.24, 2.45) is 14.1 Å². The second kappa shape index (κ2) is 7.43. The van der Waals surface area contributed by atoms with Crippen molar-refractivity contribution in [3.63, 3.8) is 0 Å². The quantitative estimate of drug-likeness (QED) is 0.483. The lowest BCUT2D eigenvalue weighted by atomic mass is 10.1. The third-order valence-electron chi connectivity index (χ3n) is 5.32. The van der Waals surface area contributed by atoms with E-state index in [0.29, 0.717) is 15.9 Å².